The molecule has 0 saturated carbocycles. The summed E-state index contributed by atoms with van der Waals surface area (Å²) in [4.78, 5) is 39.5. The minimum absolute atomic E-state index is 0.0210. The third kappa shape index (κ3) is 6.24. The Kier molecular flexibility index (Phi) is 7.61. The first-order valence-corrected chi connectivity index (χ1v) is 11.5. The van der Waals surface area contributed by atoms with Crippen molar-refractivity contribution in [3.8, 4) is 11.5 Å². The third-order valence-electron chi connectivity index (χ3n) is 5.22. The molecule has 13 heteroatoms. The van der Waals surface area contributed by atoms with Gasteiger partial charge in [-0.1, -0.05) is 35.3 Å². The number of carbonyl (C=O) groups is 2. The molecule has 0 bridgehead atoms. The largest absolute Gasteiger partial charge is 0.481 e. The van der Waals surface area contributed by atoms with E-state index in [1.165, 1.54) is 53.4 Å². The fourth-order valence-corrected chi connectivity index (χ4v) is 4.11. The van der Waals surface area contributed by atoms with Crippen molar-refractivity contribution in [2.24, 2.45) is 0 Å². The summed E-state index contributed by atoms with van der Waals surface area (Å²) in [5.41, 5.74) is -0.560. The summed E-state index contributed by atoms with van der Waals surface area (Å²) >= 11 is 12.5. The molecular formula is C25H16Cl2F3N3O5. The number of carboxylic acid groups (broad SMARTS) is 1. The number of hydrogen-bond acceptors (Lipinski definition) is 5. The first-order chi connectivity index (χ1) is 17.9. The van der Waals surface area contributed by atoms with Gasteiger partial charge in [-0.3, -0.25) is 19.0 Å². The van der Waals surface area contributed by atoms with Gasteiger partial charge in [-0.25, -0.2) is 4.98 Å². The van der Waals surface area contributed by atoms with Gasteiger partial charge >= 0.3 is 12.1 Å². The number of rotatable bonds is 7. The molecule has 1 aromatic heterocycles. The summed E-state index contributed by atoms with van der Waals surface area (Å²) in [6.07, 6.45) is -4.01. The smallest absolute Gasteiger partial charge is 0.416 e. The number of amides is 1. The van der Waals surface area contributed by atoms with Crippen LogP contribution in [0.3, 0.4) is 0 Å². The second-order valence-corrected chi connectivity index (χ2v) is 8.86. The Morgan fingerprint density at radius 2 is 1.76 bits per heavy atom. The number of halogens is 5. The lowest BCUT2D eigenvalue weighted by atomic mass is 10.1. The van der Waals surface area contributed by atoms with Crippen molar-refractivity contribution in [2.45, 2.75) is 19.1 Å². The van der Waals surface area contributed by atoms with Gasteiger partial charge in [-0.05, 0) is 42.0 Å². The lowest BCUT2D eigenvalue weighted by Gasteiger charge is -2.13. The monoisotopic (exact) mass is 565 g/mol. The highest BCUT2D eigenvalue weighted by Gasteiger charge is 2.30. The maximum Gasteiger partial charge on any atom is 0.416 e. The number of alkyl halides is 3. The molecule has 4 aromatic rings. The number of nitrogens with zero attached hydrogens (tertiary/aromatic N) is 2. The standard InChI is InChI=1S/C25H16Cl2F3N3O5/c26-18-7-15(32-21(34)10-22(35)36)8-19(27)23(18)38-16-4-5-17-20(9-16)31-12-33(24(17)37)11-13-2-1-3-14(6-13)25(28,29)30/h1-9,12H,10-11H2,(H,32,34)(H,35,36). The van der Waals surface area contributed by atoms with E-state index in [1.54, 1.807) is 0 Å². The van der Waals surface area contributed by atoms with Crippen molar-refractivity contribution < 1.29 is 32.6 Å². The number of fused-ring (bicyclic) bond motifs is 1. The van der Waals surface area contributed by atoms with E-state index in [1.807, 2.05) is 0 Å². The van der Waals surface area contributed by atoms with Gasteiger partial charge in [0.15, 0.2) is 5.75 Å². The molecule has 0 aliphatic rings. The molecule has 38 heavy (non-hydrogen) atoms. The summed E-state index contributed by atoms with van der Waals surface area (Å²) < 4.78 is 46.0. The molecule has 0 radical (unpaired) electrons. The summed E-state index contributed by atoms with van der Waals surface area (Å²) in [5, 5.41) is 11.3. The lowest BCUT2D eigenvalue weighted by Crippen LogP contribution is -2.21. The zero-order valence-electron chi connectivity index (χ0n) is 19.1. The number of carboxylic acids is 1. The number of ether oxygens (including phenoxy) is 1. The van der Waals surface area contributed by atoms with Gasteiger partial charge in [0.25, 0.3) is 5.56 Å². The predicted octanol–water partition coefficient (Wildman–Crippen LogP) is 5.98. The Morgan fingerprint density at radius 3 is 2.42 bits per heavy atom. The fraction of sp³-hybridized carbons (Fsp3) is 0.120. The molecule has 196 valence electrons. The highest BCUT2D eigenvalue weighted by atomic mass is 35.5. The molecule has 1 amide bonds. The minimum Gasteiger partial charge on any atom is -0.481 e. The third-order valence-corrected chi connectivity index (χ3v) is 5.78. The van der Waals surface area contributed by atoms with Gasteiger partial charge in [0, 0.05) is 11.8 Å². The average molecular weight is 566 g/mol. The van der Waals surface area contributed by atoms with Crippen LogP contribution in [-0.2, 0) is 22.3 Å². The maximum atomic E-state index is 13.0. The number of carbonyl (C=O) groups excluding carboxylic acids is 1. The van der Waals surface area contributed by atoms with Crippen LogP contribution in [0, 0.1) is 0 Å². The molecular weight excluding hydrogens is 550 g/mol. The van der Waals surface area contributed by atoms with E-state index in [9.17, 15) is 27.6 Å². The normalized spacial score (nSPS) is 11.4. The van der Waals surface area contributed by atoms with Crippen LogP contribution in [0.15, 0.2) is 65.7 Å². The van der Waals surface area contributed by atoms with Crippen LogP contribution in [0.5, 0.6) is 11.5 Å². The van der Waals surface area contributed by atoms with E-state index in [4.69, 9.17) is 33.0 Å². The summed E-state index contributed by atoms with van der Waals surface area (Å²) in [7, 11) is 0. The first-order valence-electron chi connectivity index (χ1n) is 10.7. The zero-order valence-corrected chi connectivity index (χ0v) is 20.6. The summed E-state index contributed by atoms with van der Waals surface area (Å²) in [6.45, 7) is -0.107. The number of aromatic nitrogens is 2. The van der Waals surface area contributed by atoms with Crippen LogP contribution in [0.1, 0.15) is 17.5 Å². The van der Waals surface area contributed by atoms with E-state index in [0.29, 0.717) is 0 Å². The number of hydrogen-bond donors (Lipinski definition) is 2. The minimum atomic E-state index is -4.50. The van der Waals surface area contributed by atoms with Gasteiger partial charge in [-0.15, -0.1) is 0 Å². The van der Waals surface area contributed by atoms with Crippen molar-refractivity contribution in [1.29, 1.82) is 0 Å². The van der Waals surface area contributed by atoms with Crippen LogP contribution in [0.25, 0.3) is 10.9 Å². The number of nitrogens with one attached hydrogen (secondary N) is 1. The van der Waals surface area contributed by atoms with Gasteiger partial charge in [0.2, 0.25) is 5.91 Å². The van der Waals surface area contributed by atoms with E-state index in [-0.39, 0.29) is 50.2 Å². The molecule has 0 aliphatic heterocycles. The molecule has 8 nitrogen and oxygen atoms in total. The van der Waals surface area contributed by atoms with E-state index >= 15 is 0 Å². The predicted molar refractivity (Wildman–Crippen MR) is 134 cm³/mol. The van der Waals surface area contributed by atoms with Crippen molar-refractivity contribution in [3.05, 3.63) is 92.5 Å². The van der Waals surface area contributed by atoms with Crippen LogP contribution in [0.2, 0.25) is 10.0 Å². The first kappa shape index (κ1) is 27.0. The lowest BCUT2D eigenvalue weighted by molar-refractivity contribution is -0.140. The molecule has 0 spiro atoms. The Balaban J connectivity index is 1.56. The summed E-state index contributed by atoms with van der Waals surface area (Å²) in [6, 6.07) is 11.7. The second-order valence-electron chi connectivity index (χ2n) is 8.04. The fourth-order valence-electron chi connectivity index (χ4n) is 3.55. The molecule has 2 N–H and O–H groups in total. The molecule has 0 unspecified atom stereocenters. The Hall–Kier alpha value is -4.09. The molecule has 0 fully saturated rings. The molecule has 3 aromatic carbocycles. The zero-order chi connectivity index (χ0) is 27.6. The Bertz CT molecular complexity index is 1600. The number of aliphatic carboxylic acids is 1. The van der Waals surface area contributed by atoms with Crippen LogP contribution in [-0.4, -0.2) is 26.5 Å². The number of anilines is 1. The van der Waals surface area contributed by atoms with E-state index in [2.05, 4.69) is 10.3 Å². The van der Waals surface area contributed by atoms with Crippen LogP contribution >= 0.6 is 23.2 Å². The van der Waals surface area contributed by atoms with Crippen molar-refractivity contribution in [2.75, 3.05) is 5.32 Å². The quantitative estimate of drug-likeness (QED) is 0.267. The van der Waals surface area contributed by atoms with Crippen molar-refractivity contribution >= 4 is 51.7 Å². The van der Waals surface area contributed by atoms with Gasteiger partial charge < -0.3 is 15.2 Å². The van der Waals surface area contributed by atoms with Crippen molar-refractivity contribution in [1.82, 2.24) is 9.55 Å². The molecule has 0 saturated heterocycles. The Labute approximate surface area is 222 Å². The topological polar surface area (TPSA) is 111 Å². The molecule has 0 aliphatic carbocycles. The summed E-state index contributed by atoms with van der Waals surface area (Å²) in [5.74, 6) is -1.79. The molecule has 4 rings (SSSR count). The average Bonchev–Trinajstić information content (AvgIpc) is 2.82. The van der Waals surface area contributed by atoms with E-state index in [0.717, 1.165) is 12.1 Å². The van der Waals surface area contributed by atoms with Gasteiger partial charge in [0.1, 0.15) is 12.2 Å². The highest BCUT2D eigenvalue weighted by molar-refractivity contribution is 6.37. The number of benzene rings is 3. The van der Waals surface area contributed by atoms with Crippen LogP contribution < -0.4 is 15.6 Å². The highest BCUT2D eigenvalue weighted by Crippen LogP contribution is 2.39. The SMILES string of the molecule is O=C(O)CC(=O)Nc1cc(Cl)c(Oc2ccc3c(=O)n(Cc4cccc(C(F)(F)F)c4)cnc3c2)c(Cl)c1. The molecule has 0 atom stereocenters. The van der Waals surface area contributed by atoms with Crippen molar-refractivity contribution in [3.63, 3.8) is 0 Å². The second kappa shape index (κ2) is 10.7. The van der Waals surface area contributed by atoms with Gasteiger partial charge in [-0.2, -0.15) is 13.2 Å². The van der Waals surface area contributed by atoms with E-state index < -0.39 is 35.6 Å². The maximum absolute atomic E-state index is 13.0. The molecule has 1 heterocycles. The van der Waals surface area contributed by atoms with Gasteiger partial charge in [0.05, 0.1) is 39.4 Å². The van der Waals surface area contributed by atoms with Crippen LogP contribution in [0.4, 0.5) is 18.9 Å². The Morgan fingerprint density at radius 1 is 1.05 bits per heavy atom.